The van der Waals surface area contributed by atoms with Gasteiger partial charge in [0.15, 0.2) is 0 Å². The number of non-ortho nitro benzene ring substituents is 1. The van der Waals surface area contributed by atoms with Gasteiger partial charge in [-0.15, -0.1) is 0 Å². The Bertz CT molecular complexity index is 738. The van der Waals surface area contributed by atoms with E-state index in [1.165, 1.54) is 12.1 Å². The van der Waals surface area contributed by atoms with Crippen molar-refractivity contribution < 1.29 is 14.5 Å². The molecule has 0 amide bonds. The average Bonchev–Trinajstić information content (AvgIpc) is 3.22. The minimum absolute atomic E-state index is 0.0195. The van der Waals surface area contributed by atoms with Crippen LogP contribution < -0.4 is 0 Å². The Hall–Kier alpha value is -2.70. The molecule has 0 radical (unpaired) electrons. The number of rotatable bonds is 5. The van der Waals surface area contributed by atoms with Crippen molar-refractivity contribution in [2.45, 2.75) is 25.4 Å². The molecule has 7 heteroatoms. The number of hydrogen-bond donors (Lipinski definition) is 0. The van der Waals surface area contributed by atoms with Crippen LogP contribution in [0.25, 0.3) is 0 Å². The van der Waals surface area contributed by atoms with Gasteiger partial charge in [0.2, 0.25) is 0 Å². The fraction of sp³-hybridized carbons (Fsp3) is 0.375. The number of carbonyl (C=O) groups is 1. The number of nitrogens with zero attached hydrogens (tertiary/aromatic N) is 3. The topological polar surface area (TPSA) is 87.3 Å². The van der Waals surface area contributed by atoms with Crippen LogP contribution >= 0.6 is 0 Å². The fourth-order valence-electron chi connectivity index (χ4n) is 2.65. The number of ether oxygens (including phenoxy) is 1. The molecule has 3 rings (SSSR count). The minimum Gasteiger partial charge on any atom is -0.458 e. The minimum atomic E-state index is -0.455. The quantitative estimate of drug-likeness (QED) is 0.481. The third kappa shape index (κ3) is 3.23. The maximum Gasteiger partial charge on any atom is 0.310 e. The van der Waals surface area contributed by atoms with E-state index in [9.17, 15) is 14.9 Å². The summed E-state index contributed by atoms with van der Waals surface area (Å²) in [6, 6.07) is 6.05. The Morgan fingerprint density at radius 1 is 1.43 bits per heavy atom. The Morgan fingerprint density at radius 3 is 2.70 bits per heavy atom. The molecule has 0 spiro atoms. The Balaban J connectivity index is 1.59. The monoisotopic (exact) mass is 315 g/mol. The van der Waals surface area contributed by atoms with Crippen molar-refractivity contribution in [1.82, 2.24) is 9.78 Å². The van der Waals surface area contributed by atoms with Gasteiger partial charge in [-0.25, -0.2) is 0 Å². The van der Waals surface area contributed by atoms with Gasteiger partial charge < -0.3 is 4.74 Å². The van der Waals surface area contributed by atoms with E-state index in [-0.39, 0.29) is 23.5 Å². The number of carbonyl (C=O) groups excluding carboxylic acids is 1. The van der Waals surface area contributed by atoms with Crippen LogP contribution in [0.1, 0.15) is 36.5 Å². The van der Waals surface area contributed by atoms with E-state index < -0.39 is 11.0 Å². The summed E-state index contributed by atoms with van der Waals surface area (Å²) in [5.74, 6) is -0.176. The van der Waals surface area contributed by atoms with Gasteiger partial charge in [-0.3, -0.25) is 19.6 Å². The molecule has 1 heterocycles. The molecular weight excluding hydrogens is 298 g/mol. The summed E-state index contributed by atoms with van der Waals surface area (Å²) in [5, 5.41) is 14.8. The van der Waals surface area contributed by atoms with Gasteiger partial charge in [0.05, 0.1) is 17.0 Å². The highest BCUT2D eigenvalue weighted by molar-refractivity contribution is 5.77. The fourth-order valence-corrected chi connectivity index (χ4v) is 2.65. The molecule has 0 saturated heterocycles. The standard InChI is InChI=1S/C16H17N3O4/c1-10(11-3-5-13(6-4-11)19(21)22)23-16(20)15-7-14(15)12-8-17-18(2)9-12/h3-6,8-10,14-15H,7H2,1-2H3/t10-,14-,15+/m0/s1. The van der Waals surface area contributed by atoms with Crippen LogP contribution in [0.2, 0.25) is 0 Å². The first kappa shape index (κ1) is 15.2. The van der Waals surface area contributed by atoms with Gasteiger partial charge in [0.25, 0.3) is 5.69 Å². The van der Waals surface area contributed by atoms with Gasteiger partial charge in [0, 0.05) is 31.3 Å². The molecule has 23 heavy (non-hydrogen) atoms. The molecule has 1 aliphatic carbocycles. The van der Waals surface area contributed by atoms with Crippen molar-refractivity contribution in [3.63, 3.8) is 0 Å². The summed E-state index contributed by atoms with van der Waals surface area (Å²) in [5.41, 5.74) is 1.81. The summed E-state index contributed by atoms with van der Waals surface area (Å²) in [6.07, 6.45) is 4.03. The average molecular weight is 315 g/mol. The highest BCUT2D eigenvalue weighted by atomic mass is 16.6. The predicted molar refractivity (Wildman–Crippen MR) is 81.7 cm³/mol. The second-order valence-electron chi connectivity index (χ2n) is 5.82. The zero-order valence-electron chi connectivity index (χ0n) is 12.9. The van der Waals surface area contributed by atoms with Gasteiger partial charge in [-0.1, -0.05) is 0 Å². The molecule has 1 fully saturated rings. The summed E-state index contributed by atoms with van der Waals surface area (Å²) in [7, 11) is 1.84. The third-order valence-corrected chi connectivity index (χ3v) is 4.11. The molecule has 0 N–H and O–H groups in total. The summed E-state index contributed by atoms with van der Waals surface area (Å²) in [4.78, 5) is 22.4. The molecule has 3 atom stereocenters. The van der Waals surface area contributed by atoms with E-state index in [1.807, 2.05) is 13.2 Å². The first-order valence-electron chi connectivity index (χ1n) is 7.39. The van der Waals surface area contributed by atoms with Crippen LogP contribution in [-0.4, -0.2) is 20.7 Å². The van der Waals surface area contributed by atoms with Gasteiger partial charge in [-0.2, -0.15) is 5.10 Å². The summed E-state index contributed by atoms with van der Waals surface area (Å²) in [6.45, 7) is 1.76. The van der Waals surface area contributed by atoms with Crippen molar-refractivity contribution >= 4 is 11.7 Å². The second kappa shape index (κ2) is 5.83. The second-order valence-corrected chi connectivity index (χ2v) is 5.82. The third-order valence-electron chi connectivity index (χ3n) is 4.11. The number of aryl methyl sites for hydroxylation is 1. The van der Waals surface area contributed by atoms with E-state index >= 15 is 0 Å². The SMILES string of the molecule is C[C@H](OC(=O)[C@@H]1C[C@H]1c1cnn(C)c1)c1ccc([N+](=O)[O-])cc1. The number of nitro benzene ring substituents is 1. The van der Waals surface area contributed by atoms with Gasteiger partial charge >= 0.3 is 5.97 Å². The number of nitro groups is 1. The molecular formula is C16H17N3O4. The van der Waals surface area contributed by atoms with Crippen LogP contribution in [0, 0.1) is 16.0 Å². The first-order chi connectivity index (χ1) is 11.0. The highest BCUT2D eigenvalue weighted by Crippen LogP contribution is 2.48. The molecule has 1 aliphatic rings. The molecule has 1 aromatic carbocycles. The van der Waals surface area contributed by atoms with Crippen LogP contribution in [0.5, 0.6) is 0 Å². The van der Waals surface area contributed by atoms with E-state index in [0.29, 0.717) is 0 Å². The summed E-state index contributed by atoms with van der Waals surface area (Å²) < 4.78 is 7.20. The maximum atomic E-state index is 12.2. The van der Waals surface area contributed by atoms with Crippen LogP contribution in [0.15, 0.2) is 36.7 Å². The predicted octanol–water partition coefficient (Wildman–Crippen LogP) is 2.74. The Kier molecular flexibility index (Phi) is 3.85. The Labute approximate surface area is 133 Å². The molecule has 1 saturated carbocycles. The van der Waals surface area contributed by atoms with Crippen LogP contribution in [0.4, 0.5) is 5.69 Å². The zero-order chi connectivity index (χ0) is 16.6. The highest BCUT2D eigenvalue weighted by Gasteiger charge is 2.46. The molecule has 0 aliphatic heterocycles. The Morgan fingerprint density at radius 2 is 2.13 bits per heavy atom. The van der Waals surface area contributed by atoms with E-state index in [2.05, 4.69) is 5.10 Å². The first-order valence-corrected chi connectivity index (χ1v) is 7.39. The molecule has 0 unspecified atom stereocenters. The van der Waals surface area contributed by atoms with Crippen LogP contribution in [0.3, 0.4) is 0 Å². The molecule has 120 valence electrons. The lowest BCUT2D eigenvalue weighted by Crippen LogP contribution is -2.11. The molecule has 7 nitrogen and oxygen atoms in total. The van der Waals surface area contributed by atoms with Crippen LogP contribution in [-0.2, 0) is 16.6 Å². The molecule has 1 aromatic heterocycles. The summed E-state index contributed by atoms with van der Waals surface area (Å²) >= 11 is 0. The van der Waals surface area contributed by atoms with Crippen molar-refractivity contribution in [3.8, 4) is 0 Å². The zero-order valence-corrected chi connectivity index (χ0v) is 12.9. The largest absolute Gasteiger partial charge is 0.458 e. The van der Waals surface area contributed by atoms with Crippen molar-refractivity contribution in [2.75, 3.05) is 0 Å². The van der Waals surface area contributed by atoms with E-state index in [0.717, 1.165) is 17.5 Å². The van der Waals surface area contributed by atoms with Gasteiger partial charge in [0.1, 0.15) is 6.10 Å². The lowest BCUT2D eigenvalue weighted by atomic mass is 10.1. The number of aromatic nitrogens is 2. The molecule has 2 aromatic rings. The number of hydrogen-bond acceptors (Lipinski definition) is 5. The van der Waals surface area contributed by atoms with Crippen molar-refractivity contribution in [3.05, 3.63) is 57.9 Å². The van der Waals surface area contributed by atoms with E-state index in [4.69, 9.17) is 4.74 Å². The number of esters is 1. The lowest BCUT2D eigenvalue weighted by molar-refractivity contribution is -0.384. The smallest absolute Gasteiger partial charge is 0.310 e. The van der Waals surface area contributed by atoms with Gasteiger partial charge in [-0.05, 0) is 36.6 Å². The normalized spacial score (nSPS) is 20.8. The van der Waals surface area contributed by atoms with Crippen molar-refractivity contribution in [1.29, 1.82) is 0 Å². The van der Waals surface area contributed by atoms with E-state index in [1.54, 1.807) is 29.9 Å². The number of benzene rings is 1. The maximum absolute atomic E-state index is 12.2. The molecule has 0 bridgehead atoms. The lowest BCUT2D eigenvalue weighted by Gasteiger charge is -2.13. The van der Waals surface area contributed by atoms with Crippen molar-refractivity contribution in [2.24, 2.45) is 13.0 Å².